The fraction of sp³-hybridized carbons (Fsp3) is 0.733. The molecule has 24 heavy (non-hydrogen) atoms. The number of nitrogens with one attached hydrogen (secondary N) is 2. The molecule has 1 aromatic rings. The molecule has 2 saturated heterocycles. The molecule has 2 fully saturated rings. The highest BCUT2D eigenvalue weighted by atomic mass is 32.1. The lowest BCUT2D eigenvalue weighted by atomic mass is 9.89. The SMILES string of the molecule is Nc1nnc(CCNC(=O)[C@H]2CNC[C@@H](C(=O)N3CCCC3)C2)s1. The zero-order chi connectivity index (χ0) is 16.9. The van der Waals surface area contributed by atoms with Crippen LogP contribution in [0.25, 0.3) is 0 Å². The van der Waals surface area contributed by atoms with Gasteiger partial charge in [0.1, 0.15) is 5.01 Å². The van der Waals surface area contributed by atoms with Crippen LogP contribution < -0.4 is 16.4 Å². The van der Waals surface area contributed by atoms with E-state index in [4.69, 9.17) is 5.73 Å². The van der Waals surface area contributed by atoms with Crippen LogP contribution in [0, 0.1) is 11.8 Å². The third-order valence-corrected chi connectivity index (χ3v) is 5.42. The van der Waals surface area contributed by atoms with Crippen molar-refractivity contribution in [1.29, 1.82) is 0 Å². The highest BCUT2D eigenvalue weighted by Gasteiger charge is 2.33. The van der Waals surface area contributed by atoms with Gasteiger partial charge in [0.15, 0.2) is 0 Å². The van der Waals surface area contributed by atoms with Gasteiger partial charge in [-0.3, -0.25) is 9.59 Å². The van der Waals surface area contributed by atoms with Crippen LogP contribution in [0.3, 0.4) is 0 Å². The predicted octanol–water partition coefficient (Wildman–Crippen LogP) is -0.373. The third kappa shape index (κ3) is 4.21. The largest absolute Gasteiger partial charge is 0.374 e. The van der Waals surface area contributed by atoms with Crippen LogP contribution in [-0.2, 0) is 16.0 Å². The molecular weight excluding hydrogens is 328 g/mol. The molecule has 2 aliphatic rings. The van der Waals surface area contributed by atoms with Crippen LogP contribution in [0.2, 0.25) is 0 Å². The average molecular weight is 352 g/mol. The maximum atomic E-state index is 12.5. The number of hydrogen-bond donors (Lipinski definition) is 3. The van der Waals surface area contributed by atoms with Gasteiger partial charge in [0.25, 0.3) is 0 Å². The first kappa shape index (κ1) is 17.1. The van der Waals surface area contributed by atoms with E-state index in [0.29, 0.717) is 37.6 Å². The van der Waals surface area contributed by atoms with Crippen LogP contribution in [0.5, 0.6) is 0 Å². The fourth-order valence-corrected chi connectivity index (χ4v) is 3.94. The molecule has 8 nitrogen and oxygen atoms in total. The van der Waals surface area contributed by atoms with Crippen molar-refractivity contribution in [2.45, 2.75) is 25.7 Å². The molecule has 0 radical (unpaired) electrons. The Balaban J connectivity index is 1.45. The van der Waals surface area contributed by atoms with Gasteiger partial charge in [0.2, 0.25) is 16.9 Å². The van der Waals surface area contributed by atoms with Gasteiger partial charge < -0.3 is 21.3 Å². The Morgan fingerprint density at radius 2 is 2.00 bits per heavy atom. The van der Waals surface area contributed by atoms with Crippen molar-refractivity contribution >= 4 is 28.3 Å². The summed E-state index contributed by atoms with van der Waals surface area (Å²) in [5.41, 5.74) is 5.54. The standard InChI is InChI=1S/C15H24N6O2S/c16-15-20-19-12(24-15)3-4-18-13(22)10-7-11(9-17-8-10)14(23)21-5-1-2-6-21/h10-11,17H,1-9H2,(H2,16,20)(H,18,22)/t10-,11+/m1/s1. The zero-order valence-electron chi connectivity index (χ0n) is 13.7. The highest BCUT2D eigenvalue weighted by Crippen LogP contribution is 2.21. The number of nitrogen functional groups attached to an aromatic ring is 1. The number of nitrogens with two attached hydrogens (primary N) is 1. The minimum absolute atomic E-state index is 0.00101. The maximum Gasteiger partial charge on any atom is 0.226 e. The minimum atomic E-state index is -0.158. The van der Waals surface area contributed by atoms with Crippen molar-refractivity contribution in [2.75, 3.05) is 38.5 Å². The average Bonchev–Trinajstić information content (AvgIpc) is 3.26. The van der Waals surface area contributed by atoms with Gasteiger partial charge in [-0.25, -0.2) is 0 Å². The molecule has 0 aliphatic carbocycles. The van der Waals surface area contributed by atoms with Gasteiger partial charge in [0.05, 0.1) is 11.8 Å². The molecular formula is C15H24N6O2S. The van der Waals surface area contributed by atoms with E-state index < -0.39 is 0 Å². The first-order valence-corrected chi connectivity index (χ1v) is 9.30. The number of piperidine rings is 1. The summed E-state index contributed by atoms with van der Waals surface area (Å²) < 4.78 is 0. The number of aromatic nitrogens is 2. The molecule has 3 heterocycles. The lowest BCUT2D eigenvalue weighted by Gasteiger charge is -2.31. The summed E-state index contributed by atoms with van der Waals surface area (Å²) in [6, 6.07) is 0. The normalized spacial score (nSPS) is 24.1. The van der Waals surface area contributed by atoms with Crippen molar-refractivity contribution in [3.63, 3.8) is 0 Å². The highest BCUT2D eigenvalue weighted by molar-refractivity contribution is 7.15. The summed E-state index contributed by atoms with van der Waals surface area (Å²) in [5, 5.41) is 15.1. The van der Waals surface area contributed by atoms with Crippen molar-refractivity contribution < 1.29 is 9.59 Å². The number of hydrogen-bond acceptors (Lipinski definition) is 7. The first-order valence-electron chi connectivity index (χ1n) is 8.48. The number of amides is 2. The van der Waals surface area contributed by atoms with Crippen molar-refractivity contribution in [3.05, 3.63) is 5.01 Å². The smallest absolute Gasteiger partial charge is 0.226 e. The molecule has 0 spiro atoms. The summed E-state index contributed by atoms with van der Waals surface area (Å²) in [7, 11) is 0. The Morgan fingerprint density at radius 1 is 1.25 bits per heavy atom. The molecule has 0 unspecified atom stereocenters. The van der Waals surface area contributed by atoms with E-state index >= 15 is 0 Å². The summed E-state index contributed by atoms with van der Waals surface area (Å²) in [6.45, 7) is 3.52. The van der Waals surface area contributed by atoms with Crippen molar-refractivity contribution in [2.24, 2.45) is 11.8 Å². The molecule has 2 aliphatic heterocycles. The van der Waals surface area contributed by atoms with E-state index in [1.165, 1.54) is 11.3 Å². The van der Waals surface area contributed by atoms with Crippen LogP contribution >= 0.6 is 11.3 Å². The number of likely N-dealkylation sites (tertiary alicyclic amines) is 1. The van der Waals surface area contributed by atoms with Crippen molar-refractivity contribution in [1.82, 2.24) is 25.7 Å². The van der Waals surface area contributed by atoms with Crippen LogP contribution in [0.1, 0.15) is 24.3 Å². The second-order valence-electron chi connectivity index (χ2n) is 6.40. The summed E-state index contributed by atoms with van der Waals surface area (Å²) in [6.07, 6.45) is 3.43. The number of carbonyl (C=O) groups excluding carboxylic acids is 2. The molecule has 3 rings (SSSR count). The van der Waals surface area contributed by atoms with Crippen LogP contribution in [0.4, 0.5) is 5.13 Å². The van der Waals surface area contributed by atoms with Crippen molar-refractivity contribution in [3.8, 4) is 0 Å². The van der Waals surface area contributed by atoms with E-state index in [-0.39, 0.29) is 23.7 Å². The van der Waals surface area contributed by atoms with Gasteiger partial charge in [0, 0.05) is 39.1 Å². The third-order valence-electron chi connectivity index (χ3n) is 4.61. The fourth-order valence-electron chi connectivity index (χ4n) is 3.33. The zero-order valence-corrected chi connectivity index (χ0v) is 14.5. The monoisotopic (exact) mass is 352 g/mol. The number of anilines is 1. The molecule has 4 N–H and O–H groups in total. The van der Waals surface area contributed by atoms with E-state index in [0.717, 1.165) is 30.9 Å². The Bertz CT molecular complexity index is 586. The van der Waals surface area contributed by atoms with E-state index in [2.05, 4.69) is 20.8 Å². The van der Waals surface area contributed by atoms with E-state index in [1.807, 2.05) is 4.90 Å². The molecule has 0 saturated carbocycles. The Morgan fingerprint density at radius 3 is 2.71 bits per heavy atom. The predicted molar refractivity (Wildman–Crippen MR) is 91.3 cm³/mol. The molecule has 132 valence electrons. The molecule has 0 bridgehead atoms. The van der Waals surface area contributed by atoms with Gasteiger partial charge in [-0.1, -0.05) is 11.3 Å². The van der Waals surface area contributed by atoms with Crippen LogP contribution in [0.15, 0.2) is 0 Å². The topological polar surface area (TPSA) is 113 Å². The summed E-state index contributed by atoms with van der Waals surface area (Å²) >= 11 is 1.34. The molecule has 9 heteroatoms. The number of nitrogens with zero attached hydrogens (tertiary/aromatic N) is 3. The maximum absolute atomic E-state index is 12.5. The summed E-state index contributed by atoms with van der Waals surface area (Å²) in [5.74, 6) is -0.0499. The van der Waals surface area contributed by atoms with Crippen LogP contribution in [-0.4, -0.2) is 59.6 Å². The molecule has 2 atom stereocenters. The minimum Gasteiger partial charge on any atom is -0.374 e. The Hall–Kier alpha value is -1.74. The molecule has 1 aromatic heterocycles. The number of carbonyl (C=O) groups is 2. The van der Waals surface area contributed by atoms with E-state index in [9.17, 15) is 9.59 Å². The first-order chi connectivity index (χ1) is 11.6. The van der Waals surface area contributed by atoms with Gasteiger partial charge in [-0.05, 0) is 19.3 Å². The van der Waals surface area contributed by atoms with Gasteiger partial charge in [-0.15, -0.1) is 10.2 Å². The Labute approximate surface area is 145 Å². The number of rotatable bonds is 5. The molecule has 2 amide bonds. The second-order valence-corrected chi connectivity index (χ2v) is 7.49. The molecule has 0 aromatic carbocycles. The van der Waals surface area contributed by atoms with Gasteiger partial charge >= 0.3 is 0 Å². The summed E-state index contributed by atoms with van der Waals surface area (Å²) in [4.78, 5) is 26.8. The van der Waals surface area contributed by atoms with Gasteiger partial charge in [-0.2, -0.15) is 0 Å². The quantitative estimate of drug-likeness (QED) is 0.666. The second kappa shape index (κ2) is 7.89. The lowest BCUT2D eigenvalue weighted by molar-refractivity contribution is -0.136. The van der Waals surface area contributed by atoms with E-state index in [1.54, 1.807) is 0 Å². The Kier molecular flexibility index (Phi) is 5.62. The lowest BCUT2D eigenvalue weighted by Crippen LogP contribution is -2.49.